The van der Waals surface area contributed by atoms with Gasteiger partial charge in [0.2, 0.25) is 0 Å². The Balaban J connectivity index is 2.61. The molecule has 0 saturated heterocycles. The number of carbonyl (C=O) groups is 1. The second kappa shape index (κ2) is 5.66. The Labute approximate surface area is 117 Å². The minimum absolute atomic E-state index is 0.0496. The molecule has 0 saturated carbocycles. The van der Waals surface area contributed by atoms with E-state index in [0.29, 0.717) is 0 Å². The molecule has 0 atom stereocenters. The zero-order chi connectivity index (χ0) is 15.6. The lowest BCUT2D eigenvalue weighted by atomic mass is 10.0. The number of ether oxygens (including phenoxy) is 1. The van der Waals surface area contributed by atoms with Gasteiger partial charge in [0.15, 0.2) is 11.6 Å². The van der Waals surface area contributed by atoms with Gasteiger partial charge in [0, 0.05) is 12.1 Å². The van der Waals surface area contributed by atoms with Crippen LogP contribution in [-0.2, 0) is 4.74 Å². The highest BCUT2D eigenvalue weighted by Gasteiger charge is 2.16. The summed E-state index contributed by atoms with van der Waals surface area (Å²) in [4.78, 5) is 21.7. The summed E-state index contributed by atoms with van der Waals surface area (Å²) in [5.41, 5.74) is 0.0234. The SMILES string of the molecule is COC(=O)c1cc(-c2ccc(F)c(F)c2)cc([N+](=O)[O-])c1. The molecule has 0 amide bonds. The third-order valence-corrected chi connectivity index (χ3v) is 2.80. The Bertz CT molecular complexity index is 731. The Hall–Kier alpha value is -2.83. The predicted molar refractivity (Wildman–Crippen MR) is 69.8 cm³/mol. The fraction of sp³-hybridized carbons (Fsp3) is 0.0714. The van der Waals surface area contributed by atoms with Gasteiger partial charge in [0.25, 0.3) is 5.69 Å². The smallest absolute Gasteiger partial charge is 0.338 e. The average molecular weight is 293 g/mol. The number of halogens is 2. The summed E-state index contributed by atoms with van der Waals surface area (Å²) in [6.45, 7) is 0. The molecule has 2 rings (SSSR count). The number of nitro groups is 1. The van der Waals surface area contributed by atoms with E-state index in [9.17, 15) is 23.7 Å². The molecule has 0 aliphatic rings. The van der Waals surface area contributed by atoms with E-state index >= 15 is 0 Å². The van der Waals surface area contributed by atoms with E-state index in [4.69, 9.17) is 0 Å². The zero-order valence-electron chi connectivity index (χ0n) is 10.8. The molecule has 2 aromatic rings. The molecule has 0 aliphatic carbocycles. The van der Waals surface area contributed by atoms with Crippen LogP contribution in [0.15, 0.2) is 36.4 Å². The number of non-ortho nitro benzene ring substituents is 1. The van der Waals surface area contributed by atoms with E-state index in [1.807, 2.05) is 0 Å². The van der Waals surface area contributed by atoms with Gasteiger partial charge in [-0.05, 0) is 29.3 Å². The summed E-state index contributed by atoms with van der Waals surface area (Å²) in [6, 6.07) is 6.59. The molecule has 0 spiro atoms. The molecular formula is C14H9F2NO4. The van der Waals surface area contributed by atoms with Crippen molar-refractivity contribution >= 4 is 11.7 Å². The number of nitro benzene ring substituents is 1. The molecule has 0 aliphatic heterocycles. The van der Waals surface area contributed by atoms with Gasteiger partial charge in [0.05, 0.1) is 17.6 Å². The zero-order valence-corrected chi connectivity index (χ0v) is 10.8. The molecule has 0 radical (unpaired) electrons. The first-order valence-corrected chi connectivity index (χ1v) is 5.75. The number of hydrogen-bond donors (Lipinski definition) is 0. The van der Waals surface area contributed by atoms with E-state index in [0.717, 1.165) is 25.3 Å². The molecule has 2 aromatic carbocycles. The van der Waals surface area contributed by atoms with Crippen LogP contribution in [0.4, 0.5) is 14.5 Å². The van der Waals surface area contributed by atoms with Crippen LogP contribution in [0.25, 0.3) is 11.1 Å². The van der Waals surface area contributed by atoms with Gasteiger partial charge in [-0.1, -0.05) is 6.07 Å². The molecule has 0 bridgehead atoms. The van der Waals surface area contributed by atoms with Crippen molar-refractivity contribution in [1.29, 1.82) is 0 Å². The van der Waals surface area contributed by atoms with Gasteiger partial charge >= 0.3 is 5.97 Å². The summed E-state index contributed by atoms with van der Waals surface area (Å²) in [5.74, 6) is -2.88. The number of methoxy groups -OCH3 is 1. The number of nitrogens with zero attached hydrogens (tertiary/aromatic N) is 1. The third kappa shape index (κ3) is 3.02. The molecule has 0 aromatic heterocycles. The van der Waals surface area contributed by atoms with E-state index in [1.54, 1.807) is 0 Å². The van der Waals surface area contributed by atoms with Crippen molar-refractivity contribution in [1.82, 2.24) is 0 Å². The lowest BCUT2D eigenvalue weighted by molar-refractivity contribution is -0.384. The normalized spacial score (nSPS) is 10.2. The Morgan fingerprint density at radius 1 is 1.10 bits per heavy atom. The third-order valence-electron chi connectivity index (χ3n) is 2.80. The number of rotatable bonds is 3. The monoisotopic (exact) mass is 293 g/mol. The van der Waals surface area contributed by atoms with Gasteiger partial charge in [-0.3, -0.25) is 10.1 Å². The van der Waals surface area contributed by atoms with Crippen LogP contribution in [-0.4, -0.2) is 18.0 Å². The first kappa shape index (κ1) is 14.6. The van der Waals surface area contributed by atoms with Gasteiger partial charge in [-0.2, -0.15) is 0 Å². The minimum Gasteiger partial charge on any atom is -0.465 e. The van der Waals surface area contributed by atoms with Crippen molar-refractivity contribution in [2.45, 2.75) is 0 Å². The molecule has 108 valence electrons. The average Bonchev–Trinajstić information content (AvgIpc) is 2.48. The Morgan fingerprint density at radius 2 is 1.81 bits per heavy atom. The number of carbonyl (C=O) groups excluding carboxylic acids is 1. The Morgan fingerprint density at radius 3 is 2.38 bits per heavy atom. The second-order valence-electron chi connectivity index (χ2n) is 4.15. The molecular weight excluding hydrogens is 284 g/mol. The fourth-order valence-electron chi connectivity index (χ4n) is 1.79. The maximum Gasteiger partial charge on any atom is 0.338 e. The summed E-state index contributed by atoms with van der Waals surface area (Å²) in [5, 5.41) is 10.9. The van der Waals surface area contributed by atoms with Crippen LogP contribution < -0.4 is 0 Å². The molecule has 0 fully saturated rings. The summed E-state index contributed by atoms with van der Waals surface area (Å²) in [6.07, 6.45) is 0. The number of benzene rings is 2. The van der Waals surface area contributed by atoms with Crippen molar-refractivity contribution in [3.05, 3.63) is 63.7 Å². The van der Waals surface area contributed by atoms with Gasteiger partial charge < -0.3 is 4.74 Å². The standard InChI is InChI=1S/C14H9F2NO4/c1-21-14(18)10-4-9(5-11(6-10)17(19)20)8-2-3-12(15)13(16)7-8/h2-7H,1H3. The molecule has 21 heavy (non-hydrogen) atoms. The maximum absolute atomic E-state index is 13.2. The van der Waals surface area contributed by atoms with E-state index in [-0.39, 0.29) is 22.4 Å². The molecule has 0 unspecified atom stereocenters. The molecule has 7 heteroatoms. The van der Waals surface area contributed by atoms with Crippen LogP contribution in [0.3, 0.4) is 0 Å². The quantitative estimate of drug-likeness (QED) is 0.494. The van der Waals surface area contributed by atoms with Crippen LogP contribution in [0.2, 0.25) is 0 Å². The summed E-state index contributed by atoms with van der Waals surface area (Å²) >= 11 is 0. The minimum atomic E-state index is -1.08. The van der Waals surface area contributed by atoms with Crippen molar-refractivity contribution in [3.8, 4) is 11.1 Å². The van der Waals surface area contributed by atoms with Crippen LogP contribution in [0, 0.1) is 21.7 Å². The van der Waals surface area contributed by atoms with Crippen molar-refractivity contribution in [2.24, 2.45) is 0 Å². The first-order chi connectivity index (χ1) is 9.92. The lowest BCUT2D eigenvalue weighted by Crippen LogP contribution is -2.03. The number of hydrogen-bond acceptors (Lipinski definition) is 4. The summed E-state index contributed by atoms with van der Waals surface area (Å²) in [7, 11) is 1.14. The van der Waals surface area contributed by atoms with Crippen molar-refractivity contribution < 1.29 is 23.2 Å². The highest BCUT2D eigenvalue weighted by Crippen LogP contribution is 2.27. The van der Waals surface area contributed by atoms with Gasteiger partial charge in [-0.25, -0.2) is 13.6 Å². The van der Waals surface area contributed by atoms with E-state index in [2.05, 4.69) is 4.74 Å². The molecule has 0 heterocycles. The van der Waals surface area contributed by atoms with E-state index in [1.165, 1.54) is 18.2 Å². The van der Waals surface area contributed by atoms with E-state index < -0.39 is 22.5 Å². The second-order valence-corrected chi connectivity index (χ2v) is 4.15. The highest BCUT2D eigenvalue weighted by molar-refractivity contribution is 5.92. The van der Waals surface area contributed by atoms with Crippen LogP contribution >= 0.6 is 0 Å². The van der Waals surface area contributed by atoms with Crippen LogP contribution in [0.5, 0.6) is 0 Å². The molecule has 5 nitrogen and oxygen atoms in total. The van der Waals surface area contributed by atoms with Gasteiger partial charge in [0.1, 0.15) is 0 Å². The maximum atomic E-state index is 13.2. The number of esters is 1. The largest absolute Gasteiger partial charge is 0.465 e. The lowest BCUT2D eigenvalue weighted by Gasteiger charge is -2.06. The van der Waals surface area contributed by atoms with Crippen LogP contribution in [0.1, 0.15) is 10.4 Å². The molecule has 0 N–H and O–H groups in total. The first-order valence-electron chi connectivity index (χ1n) is 5.75. The predicted octanol–water partition coefficient (Wildman–Crippen LogP) is 3.33. The highest BCUT2D eigenvalue weighted by atomic mass is 19.2. The Kier molecular flexibility index (Phi) is 3.93. The van der Waals surface area contributed by atoms with Crippen molar-refractivity contribution in [3.63, 3.8) is 0 Å². The topological polar surface area (TPSA) is 69.4 Å². The fourth-order valence-corrected chi connectivity index (χ4v) is 1.79. The summed E-state index contributed by atoms with van der Waals surface area (Å²) < 4.78 is 30.7. The van der Waals surface area contributed by atoms with Crippen molar-refractivity contribution in [2.75, 3.05) is 7.11 Å². The van der Waals surface area contributed by atoms with Gasteiger partial charge in [-0.15, -0.1) is 0 Å².